The third-order valence-electron chi connectivity index (χ3n) is 3.52. The molecule has 2 N–H and O–H groups in total. The second-order valence-electron chi connectivity index (χ2n) is 4.71. The van der Waals surface area contributed by atoms with Crippen LogP contribution in [-0.2, 0) is 13.0 Å². The number of hydrogen-bond donors (Lipinski definition) is 2. The summed E-state index contributed by atoms with van der Waals surface area (Å²) in [5, 5.41) is 1.43. The van der Waals surface area contributed by atoms with Gasteiger partial charge in [0.05, 0.1) is 13.6 Å². The molecule has 2 aromatic rings. The van der Waals surface area contributed by atoms with Gasteiger partial charge in [0.1, 0.15) is 6.54 Å². The van der Waals surface area contributed by atoms with Gasteiger partial charge >= 0.3 is 0 Å². The molecule has 0 bridgehead atoms. The highest BCUT2D eigenvalue weighted by Gasteiger charge is 2.20. The Bertz CT molecular complexity index is 510. The number of aromatic nitrogens is 1. The Labute approximate surface area is 89.9 Å². The fourth-order valence-corrected chi connectivity index (χ4v) is 2.62. The lowest BCUT2D eigenvalue weighted by molar-refractivity contribution is -0.895. The summed E-state index contributed by atoms with van der Waals surface area (Å²) in [7, 11) is 2.28. The lowest BCUT2D eigenvalue weighted by atomic mass is 10.0. The number of aryl methyl sites for hydroxylation is 1. The quantitative estimate of drug-likeness (QED) is 0.635. The summed E-state index contributed by atoms with van der Waals surface area (Å²) in [6.45, 7) is 4.60. The minimum atomic E-state index is 1.17. The van der Waals surface area contributed by atoms with Crippen molar-refractivity contribution in [3.05, 3.63) is 35.0 Å². The van der Waals surface area contributed by atoms with Crippen LogP contribution < -0.4 is 4.90 Å². The Balaban J connectivity index is 2.29. The Hall–Kier alpha value is -1.28. The van der Waals surface area contributed by atoms with Crippen LogP contribution in [0, 0.1) is 6.92 Å². The SMILES string of the molecule is Cc1cccc2c3c([nH]c12)CC[NH+](C)C3. The van der Waals surface area contributed by atoms with Gasteiger partial charge in [-0.25, -0.2) is 0 Å². The molecular weight excluding hydrogens is 184 g/mol. The van der Waals surface area contributed by atoms with Gasteiger partial charge in [-0.1, -0.05) is 18.2 Å². The molecule has 1 atom stereocenters. The van der Waals surface area contributed by atoms with Crippen LogP contribution in [0.5, 0.6) is 0 Å². The number of nitrogens with one attached hydrogen (secondary N) is 2. The van der Waals surface area contributed by atoms with Crippen LogP contribution >= 0.6 is 0 Å². The van der Waals surface area contributed by atoms with Crippen molar-refractivity contribution < 1.29 is 4.90 Å². The van der Waals surface area contributed by atoms with Crippen LogP contribution in [0.3, 0.4) is 0 Å². The molecular formula is C13H17N2+. The number of rotatable bonds is 0. The van der Waals surface area contributed by atoms with Gasteiger partial charge in [-0.2, -0.15) is 0 Å². The van der Waals surface area contributed by atoms with E-state index in [0.29, 0.717) is 0 Å². The molecule has 0 radical (unpaired) electrons. The van der Waals surface area contributed by atoms with E-state index in [0.717, 1.165) is 0 Å². The van der Waals surface area contributed by atoms with E-state index < -0.39 is 0 Å². The number of aromatic amines is 1. The van der Waals surface area contributed by atoms with Gasteiger partial charge in [0.25, 0.3) is 0 Å². The maximum Gasteiger partial charge on any atom is 0.105 e. The number of likely N-dealkylation sites (N-methyl/N-ethyl adjacent to an activating group) is 1. The topological polar surface area (TPSA) is 20.2 Å². The van der Waals surface area contributed by atoms with Crippen LogP contribution in [-0.4, -0.2) is 18.6 Å². The van der Waals surface area contributed by atoms with E-state index in [2.05, 4.69) is 37.2 Å². The molecule has 15 heavy (non-hydrogen) atoms. The van der Waals surface area contributed by atoms with Crippen molar-refractivity contribution in [2.45, 2.75) is 19.9 Å². The average molecular weight is 201 g/mol. The van der Waals surface area contributed by atoms with E-state index in [1.165, 1.54) is 47.2 Å². The summed E-state index contributed by atoms with van der Waals surface area (Å²) in [6.07, 6.45) is 1.19. The van der Waals surface area contributed by atoms with E-state index in [9.17, 15) is 0 Å². The minimum Gasteiger partial charge on any atom is -0.358 e. The van der Waals surface area contributed by atoms with E-state index in [1.54, 1.807) is 4.90 Å². The molecule has 0 spiro atoms. The normalized spacial score (nSPS) is 20.5. The summed E-state index contributed by atoms with van der Waals surface area (Å²) < 4.78 is 0. The predicted molar refractivity (Wildman–Crippen MR) is 62.2 cm³/mol. The minimum absolute atomic E-state index is 1.17. The number of para-hydroxylation sites is 1. The zero-order valence-corrected chi connectivity index (χ0v) is 9.35. The van der Waals surface area contributed by atoms with Crippen molar-refractivity contribution in [3.8, 4) is 0 Å². The number of fused-ring (bicyclic) bond motifs is 3. The van der Waals surface area contributed by atoms with Gasteiger partial charge in [0, 0.05) is 28.6 Å². The van der Waals surface area contributed by atoms with Gasteiger partial charge in [0.15, 0.2) is 0 Å². The maximum absolute atomic E-state index is 3.59. The first-order valence-corrected chi connectivity index (χ1v) is 5.66. The third-order valence-corrected chi connectivity index (χ3v) is 3.52. The first kappa shape index (κ1) is 8.98. The summed E-state index contributed by atoms with van der Waals surface area (Å²) in [5.74, 6) is 0. The number of quaternary nitrogens is 1. The fourth-order valence-electron chi connectivity index (χ4n) is 2.62. The van der Waals surface area contributed by atoms with Crippen LogP contribution in [0.25, 0.3) is 10.9 Å². The van der Waals surface area contributed by atoms with Crippen LogP contribution in [0.2, 0.25) is 0 Å². The molecule has 1 aromatic carbocycles. The molecule has 0 fully saturated rings. The van der Waals surface area contributed by atoms with Crippen molar-refractivity contribution >= 4 is 10.9 Å². The van der Waals surface area contributed by atoms with Crippen molar-refractivity contribution in [2.24, 2.45) is 0 Å². The van der Waals surface area contributed by atoms with Gasteiger partial charge < -0.3 is 9.88 Å². The van der Waals surface area contributed by atoms with Crippen molar-refractivity contribution in [1.82, 2.24) is 4.98 Å². The molecule has 0 saturated heterocycles. The molecule has 2 heterocycles. The first-order valence-electron chi connectivity index (χ1n) is 5.66. The van der Waals surface area contributed by atoms with Crippen molar-refractivity contribution in [3.63, 3.8) is 0 Å². The summed E-state index contributed by atoms with van der Waals surface area (Å²) in [6, 6.07) is 6.59. The maximum atomic E-state index is 3.59. The standard InChI is InChI=1S/C13H16N2/c1-9-4-3-5-10-11-8-15(2)7-6-12(11)14-13(9)10/h3-5,14H,6-8H2,1-2H3/p+1. The molecule has 0 saturated carbocycles. The zero-order valence-electron chi connectivity index (χ0n) is 9.35. The fraction of sp³-hybridized carbons (Fsp3) is 0.385. The molecule has 1 aliphatic rings. The molecule has 1 aromatic heterocycles. The number of H-pyrrole nitrogens is 1. The lowest BCUT2D eigenvalue weighted by Gasteiger charge is -2.19. The second kappa shape index (κ2) is 3.11. The Kier molecular flexibility index (Phi) is 1.86. The van der Waals surface area contributed by atoms with Crippen LogP contribution in [0.15, 0.2) is 18.2 Å². The summed E-state index contributed by atoms with van der Waals surface area (Å²) in [5.41, 5.74) is 5.71. The number of hydrogen-bond acceptors (Lipinski definition) is 0. The van der Waals surface area contributed by atoms with Crippen LogP contribution in [0.4, 0.5) is 0 Å². The molecule has 2 heteroatoms. The molecule has 3 rings (SSSR count). The Morgan fingerprint density at radius 3 is 3.07 bits per heavy atom. The van der Waals surface area contributed by atoms with Gasteiger partial charge in [0.2, 0.25) is 0 Å². The van der Waals surface area contributed by atoms with Gasteiger partial charge in [-0.15, -0.1) is 0 Å². The zero-order chi connectivity index (χ0) is 10.4. The molecule has 78 valence electrons. The highest BCUT2D eigenvalue weighted by Crippen LogP contribution is 2.25. The first-order chi connectivity index (χ1) is 7.25. The Morgan fingerprint density at radius 1 is 1.33 bits per heavy atom. The van der Waals surface area contributed by atoms with E-state index in [4.69, 9.17) is 0 Å². The van der Waals surface area contributed by atoms with Gasteiger partial charge in [-0.3, -0.25) is 0 Å². The highest BCUT2D eigenvalue weighted by atomic mass is 15.1. The Morgan fingerprint density at radius 2 is 2.20 bits per heavy atom. The highest BCUT2D eigenvalue weighted by molar-refractivity contribution is 5.87. The van der Waals surface area contributed by atoms with E-state index in [-0.39, 0.29) is 0 Å². The van der Waals surface area contributed by atoms with Crippen LogP contribution in [0.1, 0.15) is 16.8 Å². The predicted octanol–water partition coefficient (Wildman–Crippen LogP) is 1.05. The molecule has 0 aliphatic carbocycles. The lowest BCUT2D eigenvalue weighted by Crippen LogP contribution is -3.08. The summed E-state index contributed by atoms with van der Waals surface area (Å²) >= 11 is 0. The van der Waals surface area contributed by atoms with Gasteiger partial charge in [-0.05, 0) is 12.5 Å². The largest absolute Gasteiger partial charge is 0.358 e. The second-order valence-corrected chi connectivity index (χ2v) is 4.71. The molecule has 0 amide bonds. The van der Waals surface area contributed by atoms with E-state index in [1.807, 2.05) is 0 Å². The average Bonchev–Trinajstić information content (AvgIpc) is 2.58. The van der Waals surface area contributed by atoms with Crippen molar-refractivity contribution in [1.29, 1.82) is 0 Å². The van der Waals surface area contributed by atoms with E-state index >= 15 is 0 Å². The summed E-state index contributed by atoms with van der Waals surface area (Å²) in [4.78, 5) is 5.21. The monoisotopic (exact) mass is 201 g/mol. The number of benzene rings is 1. The smallest absolute Gasteiger partial charge is 0.105 e. The molecule has 1 aliphatic heterocycles. The third kappa shape index (κ3) is 1.29. The molecule has 2 nitrogen and oxygen atoms in total. The molecule has 1 unspecified atom stereocenters. The van der Waals surface area contributed by atoms with Crippen molar-refractivity contribution in [2.75, 3.05) is 13.6 Å².